The second kappa shape index (κ2) is 11.4. The van der Waals surface area contributed by atoms with Gasteiger partial charge in [-0.3, -0.25) is 9.80 Å². The third kappa shape index (κ3) is 6.48. The average molecular weight is 409 g/mol. The van der Waals surface area contributed by atoms with E-state index in [0.29, 0.717) is 0 Å². The molecule has 2 heterocycles. The van der Waals surface area contributed by atoms with Crippen LogP contribution in [0.4, 0.5) is 0 Å². The van der Waals surface area contributed by atoms with E-state index in [1.165, 1.54) is 69.4 Å². The SMILES string of the molecule is c1ccc(OCCN2CCCC2)c(Cc2ccc(OCCN3CCCCC3)cc2)c1. The lowest BCUT2D eigenvalue weighted by Crippen LogP contribution is -2.33. The predicted octanol–water partition coefficient (Wildman–Crippen LogP) is 4.62. The molecule has 0 aromatic heterocycles. The van der Waals surface area contributed by atoms with Crippen molar-refractivity contribution in [2.45, 2.75) is 38.5 Å². The zero-order valence-corrected chi connectivity index (χ0v) is 18.2. The monoisotopic (exact) mass is 408 g/mol. The molecule has 4 heteroatoms. The maximum Gasteiger partial charge on any atom is 0.122 e. The molecule has 0 atom stereocenters. The second-order valence-corrected chi connectivity index (χ2v) is 8.58. The van der Waals surface area contributed by atoms with E-state index in [9.17, 15) is 0 Å². The summed E-state index contributed by atoms with van der Waals surface area (Å²) in [5.74, 6) is 1.98. The molecule has 0 saturated carbocycles. The zero-order chi connectivity index (χ0) is 20.4. The number of likely N-dealkylation sites (tertiary alicyclic amines) is 2. The summed E-state index contributed by atoms with van der Waals surface area (Å²) in [6.07, 6.45) is 7.58. The van der Waals surface area contributed by atoms with Crippen molar-refractivity contribution in [2.24, 2.45) is 0 Å². The van der Waals surface area contributed by atoms with Crippen LogP contribution in [0.25, 0.3) is 0 Å². The van der Waals surface area contributed by atoms with Gasteiger partial charge in [0.05, 0.1) is 0 Å². The molecule has 2 aromatic carbocycles. The van der Waals surface area contributed by atoms with E-state index in [2.05, 4.69) is 58.3 Å². The van der Waals surface area contributed by atoms with Gasteiger partial charge in [-0.25, -0.2) is 0 Å². The highest BCUT2D eigenvalue weighted by Gasteiger charge is 2.12. The summed E-state index contributed by atoms with van der Waals surface area (Å²) >= 11 is 0. The van der Waals surface area contributed by atoms with Gasteiger partial charge in [0.15, 0.2) is 0 Å². The number of rotatable bonds is 10. The number of ether oxygens (including phenoxy) is 2. The molecule has 0 radical (unpaired) electrons. The zero-order valence-electron chi connectivity index (χ0n) is 18.2. The van der Waals surface area contributed by atoms with Crippen molar-refractivity contribution in [3.05, 3.63) is 59.7 Å². The molecule has 2 aliphatic heterocycles. The van der Waals surface area contributed by atoms with Gasteiger partial charge >= 0.3 is 0 Å². The number of nitrogens with zero attached hydrogens (tertiary/aromatic N) is 2. The number of benzene rings is 2. The summed E-state index contributed by atoms with van der Waals surface area (Å²) in [7, 11) is 0. The second-order valence-electron chi connectivity index (χ2n) is 8.58. The normalized spacial score (nSPS) is 17.9. The van der Waals surface area contributed by atoms with E-state index in [-0.39, 0.29) is 0 Å². The molecule has 2 saturated heterocycles. The lowest BCUT2D eigenvalue weighted by molar-refractivity contribution is 0.183. The fraction of sp³-hybridized carbons (Fsp3) is 0.538. The third-order valence-corrected chi connectivity index (χ3v) is 6.28. The summed E-state index contributed by atoms with van der Waals surface area (Å²) in [4.78, 5) is 5.01. The molecular weight excluding hydrogens is 372 g/mol. The average Bonchev–Trinajstić information content (AvgIpc) is 3.30. The Morgan fingerprint density at radius 3 is 1.93 bits per heavy atom. The predicted molar refractivity (Wildman–Crippen MR) is 123 cm³/mol. The van der Waals surface area contributed by atoms with Gasteiger partial charge in [0.1, 0.15) is 24.7 Å². The van der Waals surface area contributed by atoms with Crippen LogP contribution in [0.3, 0.4) is 0 Å². The van der Waals surface area contributed by atoms with Crippen molar-refractivity contribution in [1.29, 1.82) is 0 Å². The van der Waals surface area contributed by atoms with Crippen molar-refractivity contribution >= 4 is 0 Å². The van der Waals surface area contributed by atoms with Gasteiger partial charge in [0, 0.05) is 19.5 Å². The highest BCUT2D eigenvalue weighted by molar-refractivity contribution is 5.38. The van der Waals surface area contributed by atoms with Crippen LogP contribution in [0.5, 0.6) is 11.5 Å². The van der Waals surface area contributed by atoms with Crippen LogP contribution in [0.1, 0.15) is 43.2 Å². The van der Waals surface area contributed by atoms with Crippen LogP contribution in [0.15, 0.2) is 48.5 Å². The first-order valence-electron chi connectivity index (χ1n) is 11.7. The Bertz CT molecular complexity index is 750. The van der Waals surface area contributed by atoms with Crippen molar-refractivity contribution in [2.75, 3.05) is 52.5 Å². The highest BCUT2D eigenvalue weighted by Crippen LogP contribution is 2.23. The van der Waals surface area contributed by atoms with E-state index < -0.39 is 0 Å². The van der Waals surface area contributed by atoms with Crippen LogP contribution >= 0.6 is 0 Å². The quantitative estimate of drug-likeness (QED) is 0.573. The number of hydrogen-bond acceptors (Lipinski definition) is 4. The standard InChI is InChI=1S/C26H36N2O2/c1-4-14-27(15-5-1)18-20-29-25-12-10-23(11-13-25)22-24-8-2-3-9-26(24)30-21-19-28-16-6-7-17-28/h2-3,8-13H,1,4-7,14-22H2. The minimum absolute atomic E-state index is 0.765. The van der Waals surface area contributed by atoms with Crippen LogP contribution < -0.4 is 9.47 Å². The lowest BCUT2D eigenvalue weighted by Gasteiger charge is -2.26. The minimum atomic E-state index is 0.765. The van der Waals surface area contributed by atoms with E-state index >= 15 is 0 Å². The van der Waals surface area contributed by atoms with Gasteiger partial charge in [-0.05, 0) is 81.2 Å². The van der Waals surface area contributed by atoms with E-state index in [4.69, 9.17) is 9.47 Å². The minimum Gasteiger partial charge on any atom is -0.492 e. The Morgan fingerprint density at radius 1 is 0.633 bits per heavy atom. The first kappa shape index (κ1) is 21.2. The van der Waals surface area contributed by atoms with Crippen molar-refractivity contribution < 1.29 is 9.47 Å². The Kier molecular flexibility index (Phi) is 8.04. The van der Waals surface area contributed by atoms with Crippen molar-refractivity contribution in [3.63, 3.8) is 0 Å². The van der Waals surface area contributed by atoms with Gasteiger partial charge < -0.3 is 9.47 Å². The molecule has 0 amide bonds. The number of para-hydroxylation sites is 1. The number of piperidine rings is 1. The fourth-order valence-electron chi connectivity index (χ4n) is 4.48. The molecule has 0 bridgehead atoms. The molecule has 0 unspecified atom stereocenters. The first-order chi connectivity index (χ1) is 14.9. The molecule has 2 fully saturated rings. The summed E-state index contributed by atoms with van der Waals surface area (Å²) in [6, 6.07) is 17.0. The van der Waals surface area contributed by atoms with E-state index in [0.717, 1.165) is 44.2 Å². The van der Waals surface area contributed by atoms with Gasteiger partial charge in [-0.1, -0.05) is 36.8 Å². The molecule has 2 aliphatic rings. The summed E-state index contributed by atoms with van der Waals surface area (Å²) in [5.41, 5.74) is 2.53. The summed E-state index contributed by atoms with van der Waals surface area (Å²) in [5, 5.41) is 0. The lowest BCUT2D eigenvalue weighted by atomic mass is 10.0. The molecule has 0 spiro atoms. The van der Waals surface area contributed by atoms with Gasteiger partial charge in [-0.15, -0.1) is 0 Å². The molecule has 0 aliphatic carbocycles. The Balaban J connectivity index is 1.24. The highest BCUT2D eigenvalue weighted by atomic mass is 16.5. The molecule has 162 valence electrons. The third-order valence-electron chi connectivity index (χ3n) is 6.28. The molecular formula is C26H36N2O2. The maximum atomic E-state index is 6.13. The smallest absolute Gasteiger partial charge is 0.122 e. The van der Waals surface area contributed by atoms with Crippen LogP contribution in [0.2, 0.25) is 0 Å². The maximum absolute atomic E-state index is 6.13. The largest absolute Gasteiger partial charge is 0.492 e. The van der Waals surface area contributed by atoms with Gasteiger partial charge in [0.2, 0.25) is 0 Å². The van der Waals surface area contributed by atoms with Crippen LogP contribution in [-0.2, 0) is 6.42 Å². The first-order valence-corrected chi connectivity index (χ1v) is 11.7. The van der Waals surface area contributed by atoms with Gasteiger partial charge in [-0.2, -0.15) is 0 Å². The van der Waals surface area contributed by atoms with E-state index in [1.54, 1.807) is 0 Å². The molecule has 4 nitrogen and oxygen atoms in total. The van der Waals surface area contributed by atoms with Crippen LogP contribution in [0, 0.1) is 0 Å². The molecule has 0 N–H and O–H groups in total. The Hall–Kier alpha value is -2.04. The van der Waals surface area contributed by atoms with Crippen molar-refractivity contribution in [1.82, 2.24) is 9.80 Å². The summed E-state index contributed by atoms with van der Waals surface area (Å²) < 4.78 is 12.1. The van der Waals surface area contributed by atoms with Crippen molar-refractivity contribution in [3.8, 4) is 11.5 Å². The Labute approximate surface area is 181 Å². The van der Waals surface area contributed by atoms with E-state index in [1.807, 2.05) is 0 Å². The van der Waals surface area contributed by atoms with Crippen LogP contribution in [-0.4, -0.2) is 62.3 Å². The van der Waals surface area contributed by atoms with Gasteiger partial charge in [0.25, 0.3) is 0 Å². The molecule has 2 aromatic rings. The Morgan fingerprint density at radius 2 is 1.23 bits per heavy atom. The molecule has 4 rings (SSSR count). The number of hydrogen-bond donors (Lipinski definition) is 0. The topological polar surface area (TPSA) is 24.9 Å². The summed E-state index contributed by atoms with van der Waals surface area (Å²) in [6.45, 7) is 8.48. The fourth-order valence-corrected chi connectivity index (χ4v) is 4.48. The molecule has 30 heavy (non-hydrogen) atoms.